The van der Waals surface area contributed by atoms with Gasteiger partial charge in [0.2, 0.25) is 5.91 Å². The highest BCUT2D eigenvalue weighted by atomic mass is 19.4. The van der Waals surface area contributed by atoms with Crippen LogP contribution < -0.4 is 11.1 Å². The average molecular weight is 563 g/mol. The number of aliphatic carboxylic acids is 1. The minimum absolute atomic E-state index is 0.0135. The first-order chi connectivity index (χ1) is 18.1. The zero-order chi connectivity index (χ0) is 29.2. The summed E-state index contributed by atoms with van der Waals surface area (Å²) in [6, 6.07) is -1.45. The predicted molar refractivity (Wildman–Crippen MR) is 124 cm³/mol. The molecule has 0 saturated heterocycles. The van der Waals surface area contributed by atoms with Crippen LogP contribution in [-0.2, 0) is 35.3 Å². The number of alkyl halides is 3. The Bertz CT molecular complexity index is 1260. The van der Waals surface area contributed by atoms with Gasteiger partial charge in [0, 0.05) is 31.6 Å². The van der Waals surface area contributed by atoms with Crippen molar-refractivity contribution in [1.82, 2.24) is 19.8 Å². The molecule has 0 spiro atoms. The molecule has 9 nitrogen and oxygen atoms in total. The summed E-state index contributed by atoms with van der Waals surface area (Å²) in [4.78, 5) is 41.8. The van der Waals surface area contributed by atoms with E-state index in [0.717, 1.165) is 9.47 Å². The smallest absolute Gasteiger partial charge is 0.435 e. The number of hydrogen-bond donors (Lipinski definition) is 3. The summed E-state index contributed by atoms with van der Waals surface area (Å²) in [5.41, 5.74) is 3.28. The Morgan fingerprint density at radius 3 is 2.33 bits per heavy atom. The molecule has 39 heavy (non-hydrogen) atoms. The number of benzene rings is 1. The zero-order valence-corrected chi connectivity index (χ0v) is 21.0. The normalized spacial score (nSPS) is 15.2. The van der Waals surface area contributed by atoms with E-state index in [2.05, 4.69) is 10.3 Å². The third-order valence-electron chi connectivity index (χ3n) is 6.13. The topological polar surface area (TPSA) is 131 Å². The van der Waals surface area contributed by atoms with Gasteiger partial charge in [0.25, 0.3) is 5.91 Å². The molecule has 2 amide bonds. The third kappa shape index (κ3) is 7.07. The highest BCUT2D eigenvalue weighted by molar-refractivity contribution is 5.96. The van der Waals surface area contributed by atoms with Crippen molar-refractivity contribution in [2.45, 2.75) is 64.5 Å². The maximum Gasteiger partial charge on any atom is 0.435 e. The first-order valence-corrected chi connectivity index (χ1v) is 12.0. The molecule has 2 atom stereocenters. The molecule has 0 bridgehead atoms. The standard InChI is InChI=1S/C24H27F6N5O4/c1-11(2)5-17(23(38)39)32-22(37)20-21(24(28,29)30)33-18-10-34(3-4-35(18)20)19(36)8-13(31)6-12-7-15(26)16(27)9-14(12)25/h7,9,11,13,17H,3-6,8,10,31H2,1-2H3,(H,32,37)(H,38,39)/t13-,17?/m0/s1. The van der Waals surface area contributed by atoms with E-state index in [1.165, 1.54) is 0 Å². The van der Waals surface area contributed by atoms with Crippen molar-refractivity contribution in [3.8, 4) is 0 Å². The van der Waals surface area contributed by atoms with Crippen LogP contribution in [0.15, 0.2) is 12.1 Å². The minimum atomic E-state index is -5.04. The molecule has 2 heterocycles. The number of amides is 2. The molecule has 214 valence electrons. The van der Waals surface area contributed by atoms with E-state index < -0.39 is 71.4 Å². The third-order valence-corrected chi connectivity index (χ3v) is 6.13. The Balaban J connectivity index is 1.77. The number of nitrogens with two attached hydrogens (primary N) is 1. The van der Waals surface area contributed by atoms with Crippen LogP contribution in [0.5, 0.6) is 0 Å². The van der Waals surface area contributed by atoms with Gasteiger partial charge in [-0.15, -0.1) is 0 Å². The SMILES string of the molecule is CC(C)CC(NC(=O)c1c(C(F)(F)F)nc2n1CCN(C(=O)C[C@@H](N)Cc1cc(F)c(F)cc1F)C2)C(=O)O. The van der Waals surface area contributed by atoms with Gasteiger partial charge in [0.15, 0.2) is 17.3 Å². The maximum atomic E-state index is 13.9. The van der Waals surface area contributed by atoms with Gasteiger partial charge < -0.3 is 25.6 Å². The first-order valence-electron chi connectivity index (χ1n) is 12.0. The number of imidazole rings is 1. The number of rotatable bonds is 9. The van der Waals surface area contributed by atoms with Crippen LogP contribution in [0.25, 0.3) is 0 Å². The van der Waals surface area contributed by atoms with E-state index in [1.54, 1.807) is 13.8 Å². The van der Waals surface area contributed by atoms with Crippen LogP contribution in [0.1, 0.15) is 54.3 Å². The molecule has 3 rings (SSSR count). The van der Waals surface area contributed by atoms with Gasteiger partial charge in [-0.25, -0.2) is 22.9 Å². The maximum absolute atomic E-state index is 13.9. The molecular weight excluding hydrogens is 536 g/mol. The molecule has 0 fully saturated rings. The number of carbonyl (C=O) groups excluding carboxylic acids is 2. The lowest BCUT2D eigenvalue weighted by Gasteiger charge is -2.29. The second-order valence-electron chi connectivity index (χ2n) is 9.71. The van der Waals surface area contributed by atoms with Crippen molar-refractivity contribution >= 4 is 17.8 Å². The highest BCUT2D eigenvalue weighted by Gasteiger charge is 2.43. The lowest BCUT2D eigenvalue weighted by molar-refractivity contribution is -0.141. The number of carboxylic acid groups (broad SMARTS) is 1. The summed E-state index contributed by atoms with van der Waals surface area (Å²) in [5.74, 6) is -7.39. The molecule has 0 radical (unpaired) electrons. The quantitative estimate of drug-likeness (QED) is 0.318. The molecular formula is C24H27F6N5O4. The van der Waals surface area contributed by atoms with Crippen LogP contribution in [-0.4, -0.2) is 56.0 Å². The Morgan fingerprint density at radius 1 is 1.10 bits per heavy atom. The van der Waals surface area contributed by atoms with Gasteiger partial charge in [-0.05, 0) is 30.4 Å². The summed E-state index contributed by atoms with van der Waals surface area (Å²) >= 11 is 0. The molecule has 0 saturated carbocycles. The first kappa shape index (κ1) is 29.9. The van der Waals surface area contributed by atoms with Crippen molar-refractivity contribution in [2.75, 3.05) is 6.54 Å². The largest absolute Gasteiger partial charge is 0.480 e. The van der Waals surface area contributed by atoms with E-state index in [9.17, 15) is 45.8 Å². The van der Waals surface area contributed by atoms with E-state index in [0.29, 0.717) is 12.1 Å². The summed E-state index contributed by atoms with van der Waals surface area (Å²) in [7, 11) is 0. The molecule has 1 aliphatic heterocycles. The molecule has 1 aliphatic rings. The van der Waals surface area contributed by atoms with Crippen LogP contribution in [0.4, 0.5) is 26.3 Å². The fourth-order valence-electron chi connectivity index (χ4n) is 4.32. The number of carbonyl (C=O) groups is 3. The Hall–Kier alpha value is -3.62. The molecule has 0 aliphatic carbocycles. The van der Waals surface area contributed by atoms with E-state index in [-0.39, 0.29) is 49.7 Å². The monoisotopic (exact) mass is 563 g/mol. The van der Waals surface area contributed by atoms with Crippen LogP contribution in [0.2, 0.25) is 0 Å². The lowest BCUT2D eigenvalue weighted by atomic mass is 10.0. The van der Waals surface area contributed by atoms with Crippen molar-refractivity contribution < 1.29 is 45.8 Å². The molecule has 1 aromatic heterocycles. The zero-order valence-electron chi connectivity index (χ0n) is 21.0. The number of aromatic nitrogens is 2. The number of halogens is 6. The fraction of sp³-hybridized carbons (Fsp3) is 0.500. The van der Waals surface area contributed by atoms with Gasteiger partial charge in [-0.3, -0.25) is 9.59 Å². The number of nitrogens with zero attached hydrogens (tertiary/aromatic N) is 3. The van der Waals surface area contributed by atoms with Crippen LogP contribution >= 0.6 is 0 Å². The number of fused-ring (bicyclic) bond motifs is 1. The molecule has 1 unspecified atom stereocenters. The van der Waals surface area contributed by atoms with E-state index >= 15 is 0 Å². The number of hydrogen-bond acceptors (Lipinski definition) is 5. The van der Waals surface area contributed by atoms with Gasteiger partial charge in [0.1, 0.15) is 23.4 Å². The van der Waals surface area contributed by atoms with Crippen molar-refractivity contribution in [1.29, 1.82) is 0 Å². The summed E-state index contributed by atoms with van der Waals surface area (Å²) in [5, 5.41) is 11.5. The Labute approximate surface area is 219 Å². The second-order valence-corrected chi connectivity index (χ2v) is 9.71. The highest BCUT2D eigenvalue weighted by Crippen LogP contribution is 2.33. The minimum Gasteiger partial charge on any atom is -0.480 e. The second kappa shape index (κ2) is 11.6. The van der Waals surface area contributed by atoms with E-state index in [4.69, 9.17) is 5.73 Å². The summed E-state index contributed by atoms with van der Waals surface area (Å²) < 4.78 is 82.8. The molecule has 2 aromatic rings. The summed E-state index contributed by atoms with van der Waals surface area (Å²) in [6.07, 6.45) is -5.74. The number of carboxylic acids is 1. The molecule has 4 N–H and O–H groups in total. The van der Waals surface area contributed by atoms with Crippen molar-refractivity contribution in [3.05, 3.63) is 52.4 Å². The van der Waals surface area contributed by atoms with Crippen LogP contribution in [0, 0.1) is 23.4 Å². The van der Waals surface area contributed by atoms with Gasteiger partial charge in [-0.2, -0.15) is 13.2 Å². The van der Waals surface area contributed by atoms with Crippen molar-refractivity contribution in [3.63, 3.8) is 0 Å². The Kier molecular flexibility index (Phi) is 8.93. The average Bonchev–Trinajstić information content (AvgIpc) is 3.21. The predicted octanol–water partition coefficient (Wildman–Crippen LogP) is 2.85. The van der Waals surface area contributed by atoms with Crippen molar-refractivity contribution in [2.24, 2.45) is 11.7 Å². The number of nitrogens with one attached hydrogen (secondary N) is 1. The van der Waals surface area contributed by atoms with E-state index in [1.807, 2.05) is 0 Å². The van der Waals surface area contributed by atoms with Crippen LogP contribution in [0.3, 0.4) is 0 Å². The van der Waals surface area contributed by atoms with Gasteiger partial charge in [0.05, 0.1) is 6.54 Å². The fourth-order valence-corrected chi connectivity index (χ4v) is 4.32. The summed E-state index contributed by atoms with van der Waals surface area (Å²) in [6.45, 7) is 2.60. The lowest BCUT2D eigenvalue weighted by Crippen LogP contribution is -2.44. The molecule has 1 aromatic carbocycles. The molecule has 15 heteroatoms. The van der Waals surface area contributed by atoms with Gasteiger partial charge >= 0.3 is 12.1 Å². The van der Waals surface area contributed by atoms with Gasteiger partial charge in [-0.1, -0.05) is 13.8 Å². The Morgan fingerprint density at radius 2 is 1.74 bits per heavy atom.